The molecule has 2 heterocycles. The molecular formula is C16H13F2N3. The van der Waals surface area contributed by atoms with E-state index in [1.165, 1.54) is 11.1 Å². The van der Waals surface area contributed by atoms with Crippen molar-refractivity contribution in [2.75, 3.05) is 0 Å². The second-order valence-electron chi connectivity index (χ2n) is 5.31. The molecule has 0 spiro atoms. The smallest absolute Gasteiger partial charge is 0.161 e. The third kappa shape index (κ3) is 2.10. The summed E-state index contributed by atoms with van der Waals surface area (Å²) in [6, 6.07) is 10.5. The first-order valence-electron chi connectivity index (χ1n) is 6.85. The molecular weight excluding hydrogens is 272 g/mol. The first kappa shape index (κ1) is 12.5. The summed E-state index contributed by atoms with van der Waals surface area (Å²) in [4.78, 5) is 7.47. The number of hydrogen-bond donors (Lipinski definition) is 2. The maximum absolute atomic E-state index is 13.3. The zero-order chi connectivity index (χ0) is 14.4. The van der Waals surface area contributed by atoms with Crippen molar-refractivity contribution >= 4 is 11.0 Å². The van der Waals surface area contributed by atoms with Crippen LogP contribution in [0.3, 0.4) is 0 Å². The van der Waals surface area contributed by atoms with Crippen LogP contribution in [0.25, 0.3) is 11.0 Å². The molecule has 3 aromatic rings. The molecule has 106 valence electrons. The Bertz CT molecular complexity index is 787. The van der Waals surface area contributed by atoms with Gasteiger partial charge in [0.1, 0.15) is 5.82 Å². The minimum Gasteiger partial charge on any atom is -0.341 e. The summed E-state index contributed by atoms with van der Waals surface area (Å²) in [5, 5.41) is 3.40. The van der Waals surface area contributed by atoms with E-state index in [4.69, 9.17) is 0 Å². The van der Waals surface area contributed by atoms with Crippen LogP contribution in [0.15, 0.2) is 36.4 Å². The van der Waals surface area contributed by atoms with Crippen molar-refractivity contribution in [2.45, 2.75) is 19.0 Å². The Morgan fingerprint density at radius 2 is 1.81 bits per heavy atom. The van der Waals surface area contributed by atoms with Gasteiger partial charge in [0.15, 0.2) is 11.6 Å². The molecule has 2 N–H and O–H groups in total. The van der Waals surface area contributed by atoms with Gasteiger partial charge in [-0.25, -0.2) is 13.8 Å². The molecule has 1 unspecified atom stereocenters. The SMILES string of the molecule is Fc1cc2nc(C3Cc4ccccc4CN3)[nH]c2cc1F. The summed E-state index contributed by atoms with van der Waals surface area (Å²) in [6.07, 6.45) is 0.807. The minimum absolute atomic E-state index is 0.0263. The van der Waals surface area contributed by atoms with Crippen molar-refractivity contribution in [2.24, 2.45) is 0 Å². The molecule has 0 aliphatic carbocycles. The van der Waals surface area contributed by atoms with Crippen LogP contribution in [-0.2, 0) is 13.0 Å². The monoisotopic (exact) mass is 285 g/mol. The fourth-order valence-electron chi connectivity index (χ4n) is 2.84. The van der Waals surface area contributed by atoms with E-state index in [9.17, 15) is 8.78 Å². The molecule has 4 rings (SSSR count). The molecule has 3 nitrogen and oxygen atoms in total. The highest BCUT2D eigenvalue weighted by atomic mass is 19.2. The summed E-state index contributed by atoms with van der Waals surface area (Å²) >= 11 is 0. The minimum atomic E-state index is -0.873. The number of halogens is 2. The maximum Gasteiger partial charge on any atom is 0.161 e. The Morgan fingerprint density at radius 1 is 1.05 bits per heavy atom. The largest absolute Gasteiger partial charge is 0.341 e. The van der Waals surface area contributed by atoms with E-state index < -0.39 is 11.6 Å². The van der Waals surface area contributed by atoms with E-state index in [0.717, 1.165) is 25.1 Å². The summed E-state index contributed by atoms with van der Waals surface area (Å²) in [5.74, 6) is -1.02. The average molecular weight is 285 g/mol. The number of nitrogens with one attached hydrogen (secondary N) is 2. The molecule has 0 bridgehead atoms. The van der Waals surface area contributed by atoms with Gasteiger partial charge in [0.05, 0.1) is 17.1 Å². The maximum atomic E-state index is 13.3. The molecule has 1 aliphatic rings. The van der Waals surface area contributed by atoms with Gasteiger partial charge in [-0.05, 0) is 17.5 Å². The van der Waals surface area contributed by atoms with E-state index in [1.54, 1.807) is 0 Å². The number of aromatic nitrogens is 2. The van der Waals surface area contributed by atoms with E-state index >= 15 is 0 Å². The molecule has 1 atom stereocenters. The third-order valence-electron chi connectivity index (χ3n) is 3.95. The van der Waals surface area contributed by atoms with Crippen LogP contribution in [0.2, 0.25) is 0 Å². The van der Waals surface area contributed by atoms with Gasteiger partial charge < -0.3 is 10.3 Å². The number of aromatic amines is 1. The van der Waals surface area contributed by atoms with Crippen LogP contribution in [0.5, 0.6) is 0 Å². The Hall–Kier alpha value is -2.27. The van der Waals surface area contributed by atoms with E-state index in [1.807, 2.05) is 12.1 Å². The van der Waals surface area contributed by atoms with E-state index in [2.05, 4.69) is 27.4 Å². The molecule has 0 saturated heterocycles. The van der Waals surface area contributed by atoms with Gasteiger partial charge in [-0.2, -0.15) is 0 Å². The predicted octanol–water partition coefficient (Wildman–Crippen LogP) is 3.23. The van der Waals surface area contributed by atoms with Crippen molar-refractivity contribution in [1.29, 1.82) is 0 Å². The average Bonchev–Trinajstić information content (AvgIpc) is 2.90. The second-order valence-corrected chi connectivity index (χ2v) is 5.31. The van der Waals surface area contributed by atoms with E-state index in [-0.39, 0.29) is 6.04 Å². The Morgan fingerprint density at radius 3 is 2.67 bits per heavy atom. The Balaban J connectivity index is 1.71. The van der Waals surface area contributed by atoms with Crippen molar-refractivity contribution < 1.29 is 8.78 Å². The molecule has 1 aromatic heterocycles. The summed E-state index contributed by atoms with van der Waals surface area (Å²) in [5.41, 5.74) is 3.52. The highest BCUT2D eigenvalue weighted by Crippen LogP contribution is 2.26. The number of H-pyrrole nitrogens is 1. The zero-order valence-corrected chi connectivity index (χ0v) is 11.2. The van der Waals surface area contributed by atoms with Crippen LogP contribution in [0, 0.1) is 11.6 Å². The van der Waals surface area contributed by atoms with Crippen molar-refractivity contribution in [3.05, 3.63) is 65.0 Å². The lowest BCUT2D eigenvalue weighted by Crippen LogP contribution is -2.29. The van der Waals surface area contributed by atoms with Crippen LogP contribution in [0.1, 0.15) is 23.0 Å². The van der Waals surface area contributed by atoms with Crippen LogP contribution >= 0.6 is 0 Å². The standard InChI is InChI=1S/C16H13F2N3/c17-11-6-13-14(7-12(11)18)21-16(20-13)15-5-9-3-1-2-4-10(9)8-19-15/h1-4,6-7,15,19H,5,8H2,(H,20,21). The zero-order valence-electron chi connectivity index (χ0n) is 11.2. The van der Waals surface area contributed by atoms with Crippen LogP contribution in [-0.4, -0.2) is 9.97 Å². The van der Waals surface area contributed by atoms with Gasteiger partial charge in [0.25, 0.3) is 0 Å². The molecule has 5 heteroatoms. The van der Waals surface area contributed by atoms with Gasteiger partial charge in [0.2, 0.25) is 0 Å². The number of benzene rings is 2. The van der Waals surface area contributed by atoms with Gasteiger partial charge in [-0.3, -0.25) is 0 Å². The van der Waals surface area contributed by atoms with Crippen molar-refractivity contribution in [3.63, 3.8) is 0 Å². The normalized spacial score (nSPS) is 17.9. The number of rotatable bonds is 1. The molecule has 0 saturated carbocycles. The van der Waals surface area contributed by atoms with Crippen molar-refractivity contribution in [1.82, 2.24) is 15.3 Å². The summed E-state index contributed by atoms with van der Waals surface area (Å²) in [7, 11) is 0. The van der Waals surface area contributed by atoms with Crippen LogP contribution < -0.4 is 5.32 Å². The fourth-order valence-corrected chi connectivity index (χ4v) is 2.84. The fraction of sp³-hybridized carbons (Fsp3) is 0.188. The lowest BCUT2D eigenvalue weighted by atomic mass is 9.96. The molecule has 0 amide bonds. The van der Waals surface area contributed by atoms with Gasteiger partial charge in [-0.15, -0.1) is 0 Å². The van der Waals surface area contributed by atoms with Gasteiger partial charge in [0, 0.05) is 18.7 Å². The Kier molecular flexibility index (Phi) is 2.75. The first-order chi connectivity index (χ1) is 10.2. The van der Waals surface area contributed by atoms with Crippen LogP contribution in [0.4, 0.5) is 8.78 Å². The molecule has 1 aliphatic heterocycles. The van der Waals surface area contributed by atoms with Gasteiger partial charge >= 0.3 is 0 Å². The quantitative estimate of drug-likeness (QED) is 0.720. The first-order valence-corrected chi connectivity index (χ1v) is 6.85. The lowest BCUT2D eigenvalue weighted by molar-refractivity contribution is 0.481. The number of imidazole rings is 1. The summed E-state index contributed by atoms with van der Waals surface area (Å²) in [6.45, 7) is 0.764. The van der Waals surface area contributed by atoms with Crippen molar-refractivity contribution in [3.8, 4) is 0 Å². The van der Waals surface area contributed by atoms with Gasteiger partial charge in [-0.1, -0.05) is 24.3 Å². The molecule has 0 radical (unpaired) electrons. The number of hydrogen-bond acceptors (Lipinski definition) is 2. The molecule has 21 heavy (non-hydrogen) atoms. The Labute approximate surface area is 120 Å². The molecule has 0 fully saturated rings. The topological polar surface area (TPSA) is 40.7 Å². The number of nitrogens with zero attached hydrogens (tertiary/aromatic N) is 1. The second kappa shape index (κ2) is 4.63. The highest BCUT2D eigenvalue weighted by Gasteiger charge is 2.22. The highest BCUT2D eigenvalue weighted by molar-refractivity contribution is 5.75. The lowest BCUT2D eigenvalue weighted by Gasteiger charge is -2.24. The number of fused-ring (bicyclic) bond motifs is 2. The third-order valence-corrected chi connectivity index (χ3v) is 3.95. The summed E-state index contributed by atoms with van der Waals surface area (Å²) < 4.78 is 26.5. The molecule has 2 aromatic carbocycles. The van der Waals surface area contributed by atoms with E-state index in [0.29, 0.717) is 16.9 Å². The predicted molar refractivity (Wildman–Crippen MR) is 75.7 cm³/mol.